The van der Waals surface area contributed by atoms with E-state index < -0.39 is 12.6 Å². The minimum absolute atomic E-state index is 0.265. The molecule has 0 unspecified atom stereocenters. The van der Waals surface area contributed by atoms with E-state index in [4.69, 9.17) is 0 Å². The van der Waals surface area contributed by atoms with Gasteiger partial charge in [0.05, 0.1) is 0 Å². The molecule has 2 aliphatic carbocycles. The summed E-state index contributed by atoms with van der Waals surface area (Å²) in [5.41, 5.74) is 0. The lowest BCUT2D eigenvalue weighted by atomic mass is 9.69. The summed E-state index contributed by atoms with van der Waals surface area (Å²) in [6.45, 7) is 2.38. The molecule has 0 aromatic heterocycles. The third-order valence-corrected chi connectivity index (χ3v) is 6.03. The van der Waals surface area contributed by atoms with Crippen LogP contribution in [0.1, 0.15) is 84.0 Å². The molecule has 2 aliphatic rings. The molecule has 0 nitrogen and oxygen atoms in total. The highest BCUT2D eigenvalue weighted by Crippen LogP contribution is 2.41. The van der Waals surface area contributed by atoms with Crippen LogP contribution in [0.25, 0.3) is 0 Å². The van der Waals surface area contributed by atoms with Crippen molar-refractivity contribution in [2.24, 2.45) is 23.7 Å². The Morgan fingerprint density at radius 2 is 1.39 bits per heavy atom. The molecule has 2 saturated carbocycles. The van der Waals surface area contributed by atoms with Gasteiger partial charge < -0.3 is 0 Å². The second-order valence-corrected chi connectivity index (χ2v) is 7.98. The number of halogens is 3. The monoisotopic (exact) mass is 330 g/mol. The fraction of sp³-hybridized carbons (Fsp3) is 0.900. The molecular formula is C20H33F3. The van der Waals surface area contributed by atoms with Crippen molar-refractivity contribution in [3.05, 3.63) is 12.2 Å². The van der Waals surface area contributed by atoms with Gasteiger partial charge in [0.15, 0.2) is 0 Å². The fourth-order valence-electron chi connectivity index (χ4n) is 4.44. The summed E-state index contributed by atoms with van der Waals surface area (Å²) in [7, 11) is 0. The van der Waals surface area contributed by atoms with E-state index in [0.717, 1.165) is 24.2 Å². The van der Waals surface area contributed by atoms with Gasteiger partial charge >= 0.3 is 6.18 Å². The summed E-state index contributed by atoms with van der Waals surface area (Å²) >= 11 is 0. The molecule has 2 fully saturated rings. The maximum absolute atomic E-state index is 12.0. The molecule has 0 amide bonds. The summed E-state index contributed by atoms with van der Waals surface area (Å²) in [6.07, 6.45) is 12.5. The molecule has 0 saturated heterocycles. The van der Waals surface area contributed by atoms with Crippen molar-refractivity contribution in [2.75, 3.05) is 0 Å². The summed E-state index contributed by atoms with van der Waals surface area (Å²) in [5.74, 6) is 3.52. The van der Waals surface area contributed by atoms with Gasteiger partial charge in [0.25, 0.3) is 0 Å². The lowest BCUT2D eigenvalue weighted by Crippen LogP contribution is -2.24. The third-order valence-electron chi connectivity index (χ3n) is 6.03. The van der Waals surface area contributed by atoms with Crippen LogP contribution in [0.5, 0.6) is 0 Å². The summed E-state index contributed by atoms with van der Waals surface area (Å²) in [5, 5.41) is 0. The van der Waals surface area contributed by atoms with Gasteiger partial charge in [-0.25, -0.2) is 0 Å². The van der Waals surface area contributed by atoms with E-state index >= 15 is 0 Å². The standard InChI is InChI=1S/C20H33F3/c1-16-7-11-18(12-8-16)19-13-9-17(10-14-19)6-4-2-3-5-15-20(21,22)23/h4,6,16-19H,2-3,5,7-15H2,1H3/b6-4+. The molecular weight excluding hydrogens is 297 g/mol. The minimum atomic E-state index is -3.99. The SMILES string of the molecule is CC1CCC(C2CCC(/C=C/CCCCC(F)(F)F)CC2)CC1. The first kappa shape index (κ1) is 18.9. The van der Waals surface area contributed by atoms with E-state index in [0.29, 0.717) is 12.3 Å². The number of hydrogen-bond acceptors (Lipinski definition) is 0. The molecule has 0 radical (unpaired) electrons. The molecule has 23 heavy (non-hydrogen) atoms. The smallest absolute Gasteiger partial charge is 0.171 e. The van der Waals surface area contributed by atoms with Crippen LogP contribution in [0.3, 0.4) is 0 Å². The first-order valence-electron chi connectivity index (χ1n) is 9.67. The molecule has 134 valence electrons. The Bertz CT molecular complexity index is 342. The zero-order valence-electron chi connectivity index (χ0n) is 14.6. The Kier molecular flexibility index (Phi) is 7.49. The average molecular weight is 330 g/mol. The van der Waals surface area contributed by atoms with Crippen LogP contribution in [-0.2, 0) is 0 Å². The molecule has 2 rings (SSSR count). The summed E-state index contributed by atoms with van der Waals surface area (Å²) in [4.78, 5) is 0. The third kappa shape index (κ3) is 7.30. The van der Waals surface area contributed by atoms with Crippen LogP contribution in [-0.4, -0.2) is 6.18 Å². The Morgan fingerprint density at radius 3 is 1.96 bits per heavy atom. The van der Waals surface area contributed by atoms with Crippen LogP contribution in [0, 0.1) is 23.7 Å². The van der Waals surface area contributed by atoms with Crippen molar-refractivity contribution < 1.29 is 13.2 Å². The lowest BCUT2D eigenvalue weighted by Gasteiger charge is -2.36. The summed E-state index contributed by atoms with van der Waals surface area (Å²) < 4.78 is 36.1. The normalized spacial score (nSPS) is 33.2. The fourth-order valence-corrected chi connectivity index (χ4v) is 4.44. The average Bonchev–Trinajstić information content (AvgIpc) is 2.51. The molecule has 0 aromatic rings. The highest BCUT2D eigenvalue weighted by molar-refractivity contribution is 4.92. The molecule has 0 spiro atoms. The zero-order chi connectivity index (χ0) is 16.7. The van der Waals surface area contributed by atoms with Gasteiger partial charge in [-0.15, -0.1) is 0 Å². The molecule has 0 N–H and O–H groups in total. The number of alkyl halides is 3. The Morgan fingerprint density at radius 1 is 0.826 bits per heavy atom. The van der Waals surface area contributed by atoms with Gasteiger partial charge in [0, 0.05) is 6.42 Å². The highest BCUT2D eigenvalue weighted by Gasteiger charge is 2.29. The van der Waals surface area contributed by atoms with E-state index in [2.05, 4.69) is 19.1 Å². The highest BCUT2D eigenvalue weighted by atomic mass is 19.4. The van der Waals surface area contributed by atoms with Crippen LogP contribution in [0.2, 0.25) is 0 Å². The van der Waals surface area contributed by atoms with Crippen LogP contribution in [0.15, 0.2) is 12.2 Å². The quantitative estimate of drug-likeness (QED) is 0.354. The van der Waals surface area contributed by atoms with Gasteiger partial charge in [0.2, 0.25) is 0 Å². The Labute approximate surface area is 139 Å². The molecule has 0 aliphatic heterocycles. The largest absolute Gasteiger partial charge is 0.389 e. The van der Waals surface area contributed by atoms with Crippen molar-refractivity contribution in [3.8, 4) is 0 Å². The molecule has 0 heterocycles. The number of hydrogen-bond donors (Lipinski definition) is 0. The van der Waals surface area contributed by atoms with Gasteiger partial charge in [-0.1, -0.05) is 31.9 Å². The number of unbranched alkanes of at least 4 members (excludes halogenated alkanes) is 2. The molecule has 0 atom stereocenters. The summed E-state index contributed by atoms with van der Waals surface area (Å²) in [6, 6.07) is 0. The van der Waals surface area contributed by atoms with Crippen molar-refractivity contribution >= 4 is 0 Å². The first-order valence-corrected chi connectivity index (χ1v) is 9.67. The molecule has 3 heteroatoms. The van der Waals surface area contributed by atoms with Crippen molar-refractivity contribution in [1.82, 2.24) is 0 Å². The molecule has 0 bridgehead atoms. The second-order valence-electron chi connectivity index (χ2n) is 7.98. The predicted octanol–water partition coefficient (Wildman–Crippen LogP) is 7.30. The van der Waals surface area contributed by atoms with Crippen LogP contribution >= 0.6 is 0 Å². The topological polar surface area (TPSA) is 0 Å². The van der Waals surface area contributed by atoms with E-state index in [1.54, 1.807) is 0 Å². The Hall–Kier alpha value is -0.470. The maximum atomic E-state index is 12.0. The van der Waals surface area contributed by atoms with Gasteiger partial charge in [-0.05, 0) is 81.5 Å². The van der Waals surface area contributed by atoms with Crippen molar-refractivity contribution in [1.29, 1.82) is 0 Å². The minimum Gasteiger partial charge on any atom is -0.171 e. The van der Waals surface area contributed by atoms with Gasteiger partial charge in [-0.3, -0.25) is 0 Å². The van der Waals surface area contributed by atoms with Crippen LogP contribution < -0.4 is 0 Å². The van der Waals surface area contributed by atoms with Crippen molar-refractivity contribution in [3.63, 3.8) is 0 Å². The zero-order valence-corrected chi connectivity index (χ0v) is 14.6. The Balaban J connectivity index is 1.56. The van der Waals surface area contributed by atoms with Crippen molar-refractivity contribution in [2.45, 2.75) is 90.1 Å². The predicted molar refractivity (Wildman–Crippen MR) is 90.2 cm³/mol. The number of allylic oxidation sites excluding steroid dienone is 2. The lowest BCUT2D eigenvalue weighted by molar-refractivity contribution is -0.135. The van der Waals surface area contributed by atoms with E-state index in [9.17, 15) is 13.2 Å². The van der Waals surface area contributed by atoms with Gasteiger partial charge in [0.1, 0.15) is 0 Å². The maximum Gasteiger partial charge on any atom is 0.389 e. The number of rotatable bonds is 6. The second kappa shape index (κ2) is 9.13. The van der Waals surface area contributed by atoms with E-state index in [1.165, 1.54) is 51.4 Å². The molecule has 0 aromatic carbocycles. The van der Waals surface area contributed by atoms with Crippen LogP contribution in [0.4, 0.5) is 13.2 Å². The van der Waals surface area contributed by atoms with Gasteiger partial charge in [-0.2, -0.15) is 13.2 Å². The van der Waals surface area contributed by atoms with E-state index in [1.807, 2.05) is 0 Å². The van der Waals surface area contributed by atoms with E-state index in [-0.39, 0.29) is 6.42 Å². The first-order chi connectivity index (χ1) is 10.9.